The van der Waals surface area contributed by atoms with Gasteiger partial charge in [-0.1, -0.05) is 18.2 Å². The molecule has 5 aromatic rings. The normalized spacial score (nSPS) is 18.1. The summed E-state index contributed by atoms with van der Waals surface area (Å²) in [7, 11) is 0. The standard InChI is InChI=1S/C31H31N5O5/c37-31(38)21-8-9-24-26(16-21)36(17-22-12-15-39-22)28(32-24)18-35-13-10-20(11-14-35)23-5-3-7-29(33-23)40-19-30-34-25-4-1-2-6-27(25)41-30/h1-9,16,20,22H,10-15,17-19H2,(H,37,38)/t22-/m0/s1. The van der Waals surface area contributed by atoms with Crippen LogP contribution in [0.2, 0.25) is 0 Å². The van der Waals surface area contributed by atoms with Crippen molar-refractivity contribution >= 4 is 28.1 Å². The molecule has 2 fully saturated rings. The van der Waals surface area contributed by atoms with Crippen LogP contribution in [0.3, 0.4) is 0 Å². The van der Waals surface area contributed by atoms with Gasteiger partial charge in [0, 0.05) is 24.3 Å². The molecule has 10 heteroatoms. The molecule has 5 heterocycles. The molecule has 10 nitrogen and oxygen atoms in total. The summed E-state index contributed by atoms with van der Waals surface area (Å²) in [4.78, 5) is 28.2. The lowest BCUT2D eigenvalue weighted by Crippen LogP contribution is -2.35. The molecule has 41 heavy (non-hydrogen) atoms. The maximum atomic E-state index is 11.6. The van der Waals surface area contributed by atoms with Crippen LogP contribution < -0.4 is 4.74 Å². The van der Waals surface area contributed by atoms with Gasteiger partial charge in [-0.25, -0.2) is 19.7 Å². The van der Waals surface area contributed by atoms with Crippen LogP contribution in [0.4, 0.5) is 0 Å². The molecule has 0 amide bonds. The number of piperidine rings is 1. The average Bonchev–Trinajstić information content (AvgIpc) is 3.54. The predicted octanol–water partition coefficient (Wildman–Crippen LogP) is 5.02. The molecular formula is C31H31N5O5. The Bertz CT molecular complexity index is 1670. The Morgan fingerprint density at radius 3 is 2.61 bits per heavy atom. The molecule has 3 aromatic heterocycles. The number of oxazole rings is 1. The molecule has 0 aliphatic carbocycles. The number of para-hydroxylation sites is 2. The van der Waals surface area contributed by atoms with Crippen LogP contribution in [-0.4, -0.2) is 61.3 Å². The highest BCUT2D eigenvalue weighted by atomic mass is 16.5. The quantitative estimate of drug-likeness (QED) is 0.269. The molecule has 0 radical (unpaired) electrons. The molecule has 2 aliphatic rings. The summed E-state index contributed by atoms with van der Waals surface area (Å²) >= 11 is 0. The van der Waals surface area contributed by atoms with Crippen molar-refractivity contribution in [3.8, 4) is 5.88 Å². The zero-order chi connectivity index (χ0) is 27.8. The van der Waals surface area contributed by atoms with Crippen molar-refractivity contribution in [3.63, 3.8) is 0 Å². The van der Waals surface area contributed by atoms with E-state index in [1.54, 1.807) is 18.2 Å². The Morgan fingerprint density at radius 1 is 0.976 bits per heavy atom. The first kappa shape index (κ1) is 25.7. The highest BCUT2D eigenvalue weighted by Gasteiger charge is 2.26. The summed E-state index contributed by atoms with van der Waals surface area (Å²) < 4.78 is 19.5. The van der Waals surface area contributed by atoms with Gasteiger partial charge >= 0.3 is 5.97 Å². The van der Waals surface area contributed by atoms with E-state index in [0.717, 1.165) is 72.6 Å². The van der Waals surface area contributed by atoms with Gasteiger partial charge in [0.25, 0.3) is 0 Å². The second-order valence-corrected chi connectivity index (χ2v) is 10.7. The Labute approximate surface area is 236 Å². The number of likely N-dealkylation sites (tertiary alicyclic amines) is 1. The van der Waals surface area contributed by atoms with E-state index in [4.69, 9.17) is 23.9 Å². The number of fused-ring (bicyclic) bond motifs is 2. The second kappa shape index (κ2) is 10.9. The van der Waals surface area contributed by atoms with Crippen LogP contribution in [-0.2, 0) is 24.4 Å². The maximum Gasteiger partial charge on any atom is 0.335 e. The first-order chi connectivity index (χ1) is 20.1. The Hall–Kier alpha value is -4.28. The topological polar surface area (TPSA) is 116 Å². The molecule has 2 aliphatic heterocycles. The number of benzene rings is 2. The Kier molecular flexibility index (Phi) is 6.85. The minimum atomic E-state index is -0.933. The summed E-state index contributed by atoms with van der Waals surface area (Å²) in [6.45, 7) is 4.24. The van der Waals surface area contributed by atoms with Crippen molar-refractivity contribution in [2.24, 2.45) is 0 Å². The average molecular weight is 554 g/mol. The van der Waals surface area contributed by atoms with Gasteiger partial charge in [-0.15, -0.1) is 0 Å². The lowest BCUT2D eigenvalue weighted by atomic mass is 9.93. The summed E-state index contributed by atoms with van der Waals surface area (Å²) in [5.41, 5.74) is 4.54. The second-order valence-electron chi connectivity index (χ2n) is 10.7. The molecule has 0 spiro atoms. The molecule has 210 valence electrons. The van der Waals surface area contributed by atoms with E-state index < -0.39 is 5.97 Å². The molecule has 2 saturated heterocycles. The molecule has 2 aromatic carbocycles. The Morgan fingerprint density at radius 2 is 1.83 bits per heavy atom. The zero-order valence-corrected chi connectivity index (χ0v) is 22.6. The van der Waals surface area contributed by atoms with Crippen molar-refractivity contribution in [3.05, 3.63) is 83.6 Å². The SMILES string of the molecule is O=C(O)c1ccc2nc(CN3CCC(c4cccc(OCc5nc6ccccc6o5)n4)CC3)n(C[C@@H]3CCO3)c2c1. The molecule has 0 unspecified atom stereocenters. The highest BCUT2D eigenvalue weighted by Crippen LogP contribution is 2.30. The van der Waals surface area contributed by atoms with E-state index in [9.17, 15) is 9.90 Å². The molecule has 1 N–H and O–H groups in total. The highest BCUT2D eigenvalue weighted by molar-refractivity contribution is 5.92. The fourth-order valence-electron chi connectivity index (χ4n) is 5.70. The number of nitrogens with zero attached hydrogens (tertiary/aromatic N) is 5. The smallest absolute Gasteiger partial charge is 0.335 e. The van der Waals surface area contributed by atoms with E-state index >= 15 is 0 Å². The number of rotatable bonds is 9. The number of hydrogen-bond acceptors (Lipinski definition) is 8. The molecule has 1 atom stereocenters. The van der Waals surface area contributed by atoms with Crippen molar-refractivity contribution < 1.29 is 23.8 Å². The largest absolute Gasteiger partial charge is 0.478 e. The van der Waals surface area contributed by atoms with E-state index in [1.807, 2.05) is 36.4 Å². The molecule has 0 bridgehead atoms. The van der Waals surface area contributed by atoms with Gasteiger partial charge in [0.1, 0.15) is 11.3 Å². The third-order valence-electron chi connectivity index (χ3n) is 8.05. The van der Waals surface area contributed by atoms with Crippen LogP contribution in [0.25, 0.3) is 22.1 Å². The number of aromatic carboxylic acids is 1. The number of carboxylic acids is 1. The van der Waals surface area contributed by atoms with Crippen molar-refractivity contribution in [1.82, 2.24) is 24.4 Å². The van der Waals surface area contributed by atoms with Crippen LogP contribution >= 0.6 is 0 Å². The minimum Gasteiger partial charge on any atom is -0.478 e. The van der Waals surface area contributed by atoms with Gasteiger partial charge in [-0.2, -0.15) is 0 Å². The van der Waals surface area contributed by atoms with Crippen LogP contribution in [0.5, 0.6) is 5.88 Å². The van der Waals surface area contributed by atoms with Gasteiger partial charge < -0.3 is 23.6 Å². The first-order valence-corrected chi connectivity index (χ1v) is 14.1. The number of aromatic nitrogens is 4. The van der Waals surface area contributed by atoms with E-state index in [0.29, 0.717) is 30.8 Å². The number of pyridine rings is 1. The van der Waals surface area contributed by atoms with E-state index in [2.05, 4.69) is 20.5 Å². The Balaban J connectivity index is 1.00. The van der Waals surface area contributed by atoms with Gasteiger partial charge in [0.2, 0.25) is 11.8 Å². The van der Waals surface area contributed by atoms with E-state index in [1.165, 1.54) is 0 Å². The number of hydrogen-bond donors (Lipinski definition) is 1. The summed E-state index contributed by atoms with van der Waals surface area (Å²) in [5.74, 6) is 1.46. The van der Waals surface area contributed by atoms with Crippen molar-refractivity contribution in [2.45, 2.75) is 51.0 Å². The third-order valence-corrected chi connectivity index (χ3v) is 8.05. The maximum absolute atomic E-state index is 11.6. The lowest BCUT2D eigenvalue weighted by molar-refractivity contribution is -0.0592. The van der Waals surface area contributed by atoms with Crippen molar-refractivity contribution in [1.29, 1.82) is 0 Å². The lowest BCUT2D eigenvalue weighted by Gasteiger charge is -2.32. The first-order valence-electron chi connectivity index (χ1n) is 14.1. The van der Waals surface area contributed by atoms with Crippen LogP contribution in [0.15, 0.2) is 65.1 Å². The minimum absolute atomic E-state index is 0.147. The van der Waals surface area contributed by atoms with Gasteiger partial charge in [0.15, 0.2) is 12.2 Å². The van der Waals surface area contributed by atoms with Gasteiger partial charge in [0.05, 0.1) is 35.8 Å². The summed E-state index contributed by atoms with van der Waals surface area (Å²) in [6, 6.07) is 18.8. The van der Waals surface area contributed by atoms with Crippen molar-refractivity contribution in [2.75, 3.05) is 19.7 Å². The van der Waals surface area contributed by atoms with Gasteiger partial charge in [-0.05, 0) is 68.8 Å². The van der Waals surface area contributed by atoms with Crippen LogP contribution in [0.1, 0.15) is 52.9 Å². The fraction of sp³-hybridized carbons (Fsp3) is 0.355. The predicted molar refractivity (Wildman–Crippen MR) is 151 cm³/mol. The zero-order valence-electron chi connectivity index (χ0n) is 22.6. The summed E-state index contributed by atoms with van der Waals surface area (Å²) in [5, 5.41) is 9.51. The fourth-order valence-corrected chi connectivity index (χ4v) is 5.70. The number of ether oxygens (including phenoxy) is 2. The molecular weight excluding hydrogens is 522 g/mol. The molecule has 0 saturated carbocycles. The molecule has 7 rings (SSSR count). The summed E-state index contributed by atoms with van der Waals surface area (Å²) in [6.07, 6.45) is 3.12. The number of carbonyl (C=O) groups is 1. The third kappa shape index (κ3) is 5.40. The monoisotopic (exact) mass is 553 g/mol. The van der Waals surface area contributed by atoms with Gasteiger partial charge in [-0.3, -0.25) is 4.90 Å². The van der Waals surface area contributed by atoms with Crippen LogP contribution in [0, 0.1) is 0 Å². The number of carboxylic acid groups (broad SMARTS) is 1. The van der Waals surface area contributed by atoms with E-state index in [-0.39, 0.29) is 18.3 Å². The number of imidazole rings is 1.